The molecule has 16 heavy (non-hydrogen) atoms. The van der Waals surface area contributed by atoms with Gasteiger partial charge in [-0.05, 0) is 48.1 Å². The van der Waals surface area contributed by atoms with Crippen LogP contribution >= 0.6 is 0 Å². The van der Waals surface area contributed by atoms with Crippen molar-refractivity contribution < 1.29 is 4.74 Å². The van der Waals surface area contributed by atoms with Crippen molar-refractivity contribution in [2.45, 2.75) is 64.8 Å². The molecular weight excluding hydrogens is 200 g/mol. The Bertz CT molecular complexity index is 212. The quantitative estimate of drug-likeness (QED) is 0.795. The van der Waals surface area contributed by atoms with E-state index >= 15 is 0 Å². The fourth-order valence-electron chi connectivity index (χ4n) is 2.18. The molecule has 1 aliphatic heterocycles. The monoisotopic (exact) mass is 228 g/mol. The van der Waals surface area contributed by atoms with Crippen molar-refractivity contribution in [3.05, 3.63) is 0 Å². The van der Waals surface area contributed by atoms with Crippen LogP contribution in [0.2, 0.25) is 0 Å². The second-order valence-electron chi connectivity index (χ2n) is 6.08. The Morgan fingerprint density at radius 3 is 2.50 bits per heavy atom. The van der Waals surface area contributed by atoms with E-state index < -0.39 is 0 Å². The number of rotatable bonds is 4. The molecule has 0 aliphatic carbocycles. The number of hydrogen-bond acceptors (Lipinski definition) is 3. The van der Waals surface area contributed by atoms with Crippen LogP contribution in [0, 0.1) is 0 Å². The summed E-state index contributed by atoms with van der Waals surface area (Å²) in [4.78, 5) is 2.45. The number of hydrogen-bond donors (Lipinski definition) is 1. The van der Waals surface area contributed by atoms with Gasteiger partial charge in [0.15, 0.2) is 0 Å². The minimum atomic E-state index is 0.201. The summed E-state index contributed by atoms with van der Waals surface area (Å²) in [5.41, 5.74) is 0.201. The van der Waals surface area contributed by atoms with Gasteiger partial charge in [-0.1, -0.05) is 0 Å². The fourth-order valence-corrected chi connectivity index (χ4v) is 2.18. The summed E-state index contributed by atoms with van der Waals surface area (Å²) in [5, 5.41) is 3.56. The SMILES string of the molecule is CC1OCCC1N(C)C(C)CNC(C)(C)C. The third-order valence-electron chi connectivity index (χ3n) is 3.48. The molecule has 0 bridgehead atoms. The van der Waals surface area contributed by atoms with Crippen LogP contribution in [0.3, 0.4) is 0 Å². The van der Waals surface area contributed by atoms with Gasteiger partial charge in [0.05, 0.1) is 6.10 Å². The molecule has 1 rings (SSSR count). The molecule has 0 aromatic rings. The summed E-state index contributed by atoms with van der Waals surface area (Å²) in [7, 11) is 2.21. The second-order valence-corrected chi connectivity index (χ2v) is 6.08. The Labute approximate surface area is 101 Å². The summed E-state index contributed by atoms with van der Waals surface area (Å²) < 4.78 is 5.62. The molecule has 0 saturated carbocycles. The Balaban J connectivity index is 2.38. The molecule has 1 aliphatic rings. The topological polar surface area (TPSA) is 24.5 Å². The third kappa shape index (κ3) is 4.04. The fraction of sp³-hybridized carbons (Fsp3) is 1.00. The third-order valence-corrected chi connectivity index (χ3v) is 3.48. The maximum atomic E-state index is 5.62. The minimum absolute atomic E-state index is 0.201. The molecule has 96 valence electrons. The van der Waals surface area contributed by atoms with Crippen molar-refractivity contribution in [2.24, 2.45) is 0 Å². The molecule has 3 atom stereocenters. The van der Waals surface area contributed by atoms with Crippen LogP contribution in [0.15, 0.2) is 0 Å². The normalized spacial score (nSPS) is 28.7. The van der Waals surface area contributed by atoms with Crippen LogP contribution in [-0.2, 0) is 4.74 Å². The first-order valence-corrected chi connectivity index (χ1v) is 6.40. The van der Waals surface area contributed by atoms with Crippen molar-refractivity contribution in [1.82, 2.24) is 10.2 Å². The number of ether oxygens (including phenoxy) is 1. The van der Waals surface area contributed by atoms with Crippen LogP contribution < -0.4 is 5.32 Å². The first-order valence-electron chi connectivity index (χ1n) is 6.40. The first-order chi connectivity index (χ1) is 7.31. The lowest BCUT2D eigenvalue weighted by molar-refractivity contribution is 0.0692. The van der Waals surface area contributed by atoms with Gasteiger partial charge in [-0.15, -0.1) is 0 Å². The molecule has 1 fully saturated rings. The van der Waals surface area contributed by atoms with Gasteiger partial charge in [0.2, 0.25) is 0 Å². The van der Waals surface area contributed by atoms with Crippen molar-refractivity contribution >= 4 is 0 Å². The second kappa shape index (κ2) is 5.48. The zero-order valence-electron chi connectivity index (χ0n) is 11.7. The standard InChI is InChI=1S/C13H28N2O/c1-10(9-14-13(3,4)5)15(6)12-7-8-16-11(12)2/h10-12,14H,7-9H2,1-6H3. The molecular formula is C13H28N2O. The molecule has 3 heteroatoms. The van der Waals surface area contributed by atoms with E-state index in [9.17, 15) is 0 Å². The molecule has 1 heterocycles. The molecule has 1 saturated heterocycles. The molecule has 1 N–H and O–H groups in total. The van der Waals surface area contributed by atoms with Gasteiger partial charge in [0, 0.05) is 30.8 Å². The molecule has 0 aromatic heterocycles. The van der Waals surface area contributed by atoms with Gasteiger partial charge >= 0.3 is 0 Å². The maximum absolute atomic E-state index is 5.62. The van der Waals surface area contributed by atoms with Crippen molar-refractivity contribution in [2.75, 3.05) is 20.2 Å². The van der Waals surface area contributed by atoms with Gasteiger partial charge in [-0.3, -0.25) is 4.90 Å². The predicted molar refractivity (Wildman–Crippen MR) is 68.8 cm³/mol. The highest BCUT2D eigenvalue weighted by Gasteiger charge is 2.30. The van der Waals surface area contributed by atoms with Crippen LogP contribution in [-0.4, -0.2) is 48.8 Å². The lowest BCUT2D eigenvalue weighted by atomic mass is 10.1. The van der Waals surface area contributed by atoms with Gasteiger partial charge in [0.1, 0.15) is 0 Å². The van der Waals surface area contributed by atoms with E-state index in [0.717, 1.165) is 19.6 Å². The summed E-state index contributed by atoms with van der Waals surface area (Å²) in [6.07, 6.45) is 1.54. The largest absolute Gasteiger partial charge is 0.377 e. The Hall–Kier alpha value is -0.120. The minimum Gasteiger partial charge on any atom is -0.377 e. The van der Waals surface area contributed by atoms with E-state index in [2.05, 4.69) is 51.9 Å². The van der Waals surface area contributed by atoms with E-state index in [1.165, 1.54) is 0 Å². The molecule has 0 spiro atoms. The molecule has 3 unspecified atom stereocenters. The van der Waals surface area contributed by atoms with E-state index in [-0.39, 0.29) is 5.54 Å². The predicted octanol–water partition coefficient (Wildman–Crippen LogP) is 1.87. The van der Waals surface area contributed by atoms with Crippen molar-refractivity contribution in [3.8, 4) is 0 Å². The maximum Gasteiger partial charge on any atom is 0.0703 e. The van der Waals surface area contributed by atoms with Gasteiger partial charge in [0.25, 0.3) is 0 Å². The Morgan fingerprint density at radius 2 is 2.06 bits per heavy atom. The first kappa shape index (κ1) is 13.9. The molecule has 0 radical (unpaired) electrons. The van der Waals surface area contributed by atoms with E-state index in [1.54, 1.807) is 0 Å². The van der Waals surface area contributed by atoms with Gasteiger partial charge in [-0.2, -0.15) is 0 Å². The van der Waals surface area contributed by atoms with Crippen molar-refractivity contribution in [1.29, 1.82) is 0 Å². The molecule has 0 aromatic carbocycles. The summed E-state index contributed by atoms with van der Waals surface area (Å²) >= 11 is 0. The highest BCUT2D eigenvalue weighted by molar-refractivity contribution is 4.85. The lowest BCUT2D eigenvalue weighted by Gasteiger charge is -2.34. The number of likely N-dealkylation sites (N-methyl/N-ethyl adjacent to an activating group) is 1. The van der Waals surface area contributed by atoms with Crippen LogP contribution in [0.25, 0.3) is 0 Å². The van der Waals surface area contributed by atoms with E-state index in [4.69, 9.17) is 4.74 Å². The zero-order chi connectivity index (χ0) is 12.3. The van der Waals surface area contributed by atoms with E-state index in [0.29, 0.717) is 18.2 Å². The van der Waals surface area contributed by atoms with Crippen molar-refractivity contribution in [3.63, 3.8) is 0 Å². The number of nitrogens with one attached hydrogen (secondary N) is 1. The molecule has 0 amide bonds. The number of nitrogens with zero attached hydrogens (tertiary/aromatic N) is 1. The highest BCUT2D eigenvalue weighted by Crippen LogP contribution is 2.19. The highest BCUT2D eigenvalue weighted by atomic mass is 16.5. The summed E-state index contributed by atoms with van der Waals surface area (Å²) in [6, 6.07) is 1.13. The smallest absolute Gasteiger partial charge is 0.0703 e. The van der Waals surface area contributed by atoms with Gasteiger partial charge in [-0.25, -0.2) is 0 Å². The summed E-state index contributed by atoms with van der Waals surface area (Å²) in [5.74, 6) is 0. The summed E-state index contributed by atoms with van der Waals surface area (Å²) in [6.45, 7) is 13.0. The molecule has 3 nitrogen and oxygen atoms in total. The van der Waals surface area contributed by atoms with E-state index in [1.807, 2.05) is 0 Å². The zero-order valence-corrected chi connectivity index (χ0v) is 11.7. The Kier molecular flexibility index (Phi) is 4.77. The average Bonchev–Trinajstić information content (AvgIpc) is 2.58. The average molecular weight is 228 g/mol. The van der Waals surface area contributed by atoms with Crippen LogP contribution in [0.4, 0.5) is 0 Å². The van der Waals surface area contributed by atoms with Crippen LogP contribution in [0.1, 0.15) is 41.0 Å². The van der Waals surface area contributed by atoms with Gasteiger partial charge < -0.3 is 10.1 Å². The lowest BCUT2D eigenvalue weighted by Crippen LogP contribution is -2.49. The Morgan fingerprint density at radius 1 is 1.44 bits per heavy atom. The van der Waals surface area contributed by atoms with Crippen LogP contribution in [0.5, 0.6) is 0 Å².